The Labute approximate surface area is 160 Å². The van der Waals surface area contributed by atoms with Gasteiger partial charge in [-0.1, -0.05) is 36.0 Å². The molecule has 6 nitrogen and oxygen atoms in total. The fourth-order valence-corrected chi connectivity index (χ4v) is 3.59. The van der Waals surface area contributed by atoms with E-state index in [-0.39, 0.29) is 11.5 Å². The Kier molecular flexibility index (Phi) is 4.63. The maximum absolute atomic E-state index is 12.9. The van der Waals surface area contributed by atoms with E-state index in [9.17, 15) is 18.0 Å². The Bertz CT molecular complexity index is 1170. The number of para-hydroxylation sites is 1. The van der Waals surface area contributed by atoms with Gasteiger partial charge in [0.05, 0.1) is 16.5 Å². The summed E-state index contributed by atoms with van der Waals surface area (Å²) in [5.74, 6) is 0.551. The highest BCUT2D eigenvalue weighted by Gasteiger charge is 2.29. The second-order valence-electron chi connectivity index (χ2n) is 5.84. The summed E-state index contributed by atoms with van der Waals surface area (Å²) < 4.78 is 39.4. The summed E-state index contributed by atoms with van der Waals surface area (Å²) in [6, 6.07) is 11.8. The standard InChI is InChI=1S/C18H12F3N5OS/c19-18(20,21)12-7-5-11(6-8-12)9-28-17-24-14-4-2-1-3-13(14)15(27)26(17)16-22-10-23-25-16/h1-8,10H,9H2,(H,22,23,25). The second kappa shape index (κ2) is 7.12. The molecule has 0 spiro atoms. The first kappa shape index (κ1) is 18.2. The van der Waals surface area contributed by atoms with Gasteiger partial charge in [0, 0.05) is 5.75 Å². The van der Waals surface area contributed by atoms with Crippen molar-refractivity contribution in [3.8, 4) is 5.95 Å². The van der Waals surface area contributed by atoms with E-state index in [0.29, 0.717) is 27.4 Å². The lowest BCUT2D eigenvalue weighted by Crippen LogP contribution is -2.22. The van der Waals surface area contributed by atoms with Crippen molar-refractivity contribution in [1.29, 1.82) is 0 Å². The molecule has 0 saturated heterocycles. The van der Waals surface area contributed by atoms with Crippen LogP contribution >= 0.6 is 11.8 Å². The maximum Gasteiger partial charge on any atom is 0.416 e. The fraction of sp³-hybridized carbons (Fsp3) is 0.111. The van der Waals surface area contributed by atoms with E-state index in [2.05, 4.69) is 20.2 Å². The van der Waals surface area contributed by atoms with Gasteiger partial charge in [-0.3, -0.25) is 4.79 Å². The molecule has 0 atom stereocenters. The normalized spacial score (nSPS) is 11.8. The third-order valence-corrected chi connectivity index (χ3v) is 5.02. The molecule has 2 aromatic carbocycles. The lowest BCUT2D eigenvalue weighted by atomic mass is 10.1. The van der Waals surface area contributed by atoms with Crippen LogP contribution in [0.4, 0.5) is 13.2 Å². The van der Waals surface area contributed by atoms with E-state index in [1.807, 2.05) is 0 Å². The Morgan fingerprint density at radius 2 is 1.82 bits per heavy atom. The Morgan fingerprint density at radius 1 is 1.07 bits per heavy atom. The van der Waals surface area contributed by atoms with Crippen molar-refractivity contribution in [3.05, 3.63) is 76.3 Å². The summed E-state index contributed by atoms with van der Waals surface area (Å²) in [6.45, 7) is 0. The molecule has 0 saturated carbocycles. The number of nitrogens with one attached hydrogen (secondary N) is 1. The van der Waals surface area contributed by atoms with Crippen LogP contribution in [0.3, 0.4) is 0 Å². The number of hydrogen-bond donors (Lipinski definition) is 1. The number of aromatic nitrogens is 5. The van der Waals surface area contributed by atoms with Gasteiger partial charge >= 0.3 is 6.18 Å². The number of halogens is 3. The van der Waals surface area contributed by atoms with Gasteiger partial charge in [0.25, 0.3) is 5.56 Å². The quantitative estimate of drug-likeness (QED) is 0.414. The highest BCUT2D eigenvalue weighted by molar-refractivity contribution is 7.98. The number of hydrogen-bond acceptors (Lipinski definition) is 5. The van der Waals surface area contributed by atoms with Crippen LogP contribution in [0.25, 0.3) is 16.9 Å². The molecule has 0 aliphatic carbocycles. The number of alkyl halides is 3. The molecule has 0 bridgehead atoms. The van der Waals surface area contributed by atoms with E-state index in [1.165, 1.54) is 34.8 Å². The van der Waals surface area contributed by atoms with Gasteiger partial charge in [-0.15, -0.1) is 0 Å². The van der Waals surface area contributed by atoms with Crippen molar-refractivity contribution in [2.75, 3.05) is 0 Å². The van der Waals surface area contributed by atoms with Gasteiger partial charge in [0.15, 0.2) is 5.16 Å². The van der Waals surface area contributed by atoms with E-state index in [4.69, 9.17) is 0 Å². The molecular formula is C18H12F3N5OS. The first-order valence-electron chi connectivity index (χ1n) is 8.10. The molecule has 4 rings (SSSR count). The zero-order valence-electron chi connectivity index (χ0n) is 14.1. The van der Waals surface area contributed by atoms with Crippen molar-refractivity contribution < 1.29 is 13.2 Å². The molecule has 0 unspecified atom stereocenters. The van der Waals surface area contributed by atoms with Crippen LogP contribution in [0.2, 0.25) is 0 Å². The highest BCUT2D eigenvalue weighted by atomic mass is 32.2. The minimum absolute atomic E-state index is 0.221. The SMILES string of the molecule is O=c1c2ccccc2nc(SCc2ccc(C(F)(F)F)cc2)n1-c1ncn[nH]1. The molecule has 2 heterocycles. The average molecular weight is 403 g/mol. The maximum atomic E-state index is 12.9. The van der Waals surface area contributed by atoms with Gasteiger partial charge in [0.2, 0.25) is 5.95 Å². The monoisotopic (exact) mass is 403 g/mol. The number of aromatic amines is 1. The zero-order chi connectivity index (χ0) is 19.7. The summed E-state index contributed by atoms with van der Waals surface area (Å²) >= 11 is 1.22. The summed E-state index contributed by atoms with van der Waals surface area (Å²) in [4.78, 5) is 21.5. The van der Waals surface area contributed by atoms with Crippen LogP contribution in [0.5, 0.6) is 0 Å². The fourth-order valence-electron chi connectivity index (χ4n) is 2.64. The molecule has 0 aliphatic heterocycles. The number of nitrogens with zero attached hydrogens (tertiary/aromatic N) is 4. The van der Waals surface area contributed by atoms with Crippen LogP contribution in [0.1, 0.15) is 11.1 Å². The van der Waals surface area contributed by atoms with Gasteiger partial charge in [-0.2, -0.15) is 23.3 Å². The molecule has 4 aromatic rings. The molecule has 10 heteroatoms. The van der Waals surface area contributed by atoms with Crippen LogP contribution < -0.4 is 5.56 Å². The van der Waals surface area contributed by atoms with Crippen molar-refractivity contribution in [2.45, 2.75) is 17.1 Å². The number of fused-ring (bicyclic) bond motifs is 1. The molecule has 1 N–H and O–H groups in total. The predicted octanol–water partition coefficient (Wildman–Crippen LogP) is 3.81. The third-order valence-electron chi connectivity index (χ3n) is 4.01. The van der Waals surface area contributed by atoms with Crippen molar-refractivity contribution in [3.63, 3.8) is 0 Å². The zero-order valence-corrected chi connectivity index (χ0v) is 15.0. The smallest absolute Gasteiger partial charge is 0.268 e. The lowest BCUT2D eigenvalue weighted by molar-refractivity contribution is -0.137. The average Bonchev–Trinajstić information content (AvgIpc) is 3.20. The first-order valence-corrected chi connectivity index (χ1v) is 9.08. The van der Waals surface area contributed by atoms with Crippen LogP contribution in [-0.2, 0) is 11.9 Å². The van der Waals surface area contributed by atoms with E-state index in [1.54, 1.807) is 24.3 Å². The largest absolute Gasteiger partial charge is 0.416 e. The van der Waals surface area contributed by atoms with Crippen LogP contribution in [0, 0.1) is 0 Å². The number of benzene rings is 2. The topological polar surface area (TPSA) is 76.5 Å². The molecule has 142 valence electrons. The number of thioether (sulfide) groups is 1. The minimum atomic E-state index is -4.38. The Morgan fingerprint density at radius 3 is 2.50 bits per heavy atom. The molecular weight excluding hydrogens is 391 g/mol. The van der Waals surface area contributed by atoms with Gasteiger partial charge in [0.1, 0.15) is 6.33 Å². The molecule has 0 amide bonds. The Balaban J connectivity index is 1.70. The molecule has 2 aromatic heterocycles. The van der Waals surface area contributed by atoms with Crippen LogP contribution in [0.15, 0.2) is 64.8 Å². The molecule has 28 heavy (non-hydrogen) atoms. The predicted molar refractivity (Wildman–Crippen MR) is 98.3 cm³/mol. The van der Waals surface area contributed by atoms with Gasteiger partial charge < -0.3 is 0 Å². The molecule has 0 fully saturated rings. The summed E-state index contributed by atoms with van der Waals surface area (Å²) in [5.41, 5.74) is 0.184. The molecule has 0 radical (unpaired) electrons. The first-order chi connectivity index (χ1) is 13.4. The van der Waals surface area contributed by atoms with Crippen molar-refractivity contribution >= 4 is 22.7 Å². The van der Waals surface area contributed by atoms with Crippen LogP contribution in [-0.4, -0.2) is 24.7 Å². The second-order valence-corrected chi connectivity index (χ2v) is 6.79. The van der Waals surface area contributed by atoms with E-state index < -0.39 is 11.7 Å². The van der Waals surface area contributed by atoms with Crippen molar-refractivity contribution in [2.24, 2.45) is 0 Å². The lowest BCUT2D eigenvalue weighted by Gasteiger charge is -2.11. The van der Waals surface area contributed by atoms with Crippen molar-refractivity contribution in [1.82, 2.24) is 24.7 Å². The minimum Gasteiger partial charge on any atom is -0.268 e. The van der Waals surface area contributed by atoms with Gasteiger partial charge in [-0.25, -0.2) is 14.6 Å². The van der Waals surface area contributed by atoms with Gasteiger partial charge in [-0.05, 0) is 29.8 Å². The van der Waals surface area contributed by atoms with E-state index >= 15 is 0 Å². The number of rotatable bonds is 4. The summed E-state index contributed by atoms with van der Waals surface area (Å²) in [7, 11) is 0. The third kappa shape index (κ3) is 3.50. The molecule has 0 aliphatic rings. The van der Waals surface area contributed by atoms with E-state index in [0.717, 1.165) is 12.1 Å². The highest BCUT2D eigenvalue weighted by Crippen LogP contribution is 2.30. The Hall–Kier alpha value is -3.14. The summed E-state index contributed by atoms with van der Waals surface area (Å²) in [6.07, 6.45) is -3.10. The number of H-pyrrole nitrogens is 1. The summed E-state index contributed by atoms with van der Waals surface area (Å²) in [5, 5.41) is 7.21.